The first-order valence-corrected chi connectivity index (χ1v) is 11.3. The van der Waals surface area contributed by atoms with Crippen LogP contribution in [-0.2, 0) is 0 Å². The topological polar surface area (TPSA) is 60.7 Å². The molecule has 3 aliphatic carbocycles. The maximum Gasteiger partial charge on any atom is 0.0602 e. The van der Waals surface area contributed by atoms with Crippen LogP contribution >= 0.6 is 0 Å². The second-order valence-corrected chi connectivity index (χ2v) is 10.3. The normalized spacial score (nSPS) is 36.6. The van der Waals surface area contributed by atoms with Crippen LogP contribution in [0.5, 0.6) is 0 Å². The molecular weight excluding hydrogens is 348 g/mol. The number of fused-ring (bicyclic) bond motifs is 1. The van der Waals surface area contributed by atoms with E-state index in [1.54, 1.807) is 11.1 Å². The van der Waals surface area contributed by atoms with Crippen LogP contribution in [0.2, 0.25) is 0 Å². The van der Waals surface area contributed by atoms with Crippen LogP contribution in [0.15, 0.2) is 34.9 Å². The van der Waals surface area contributed by atoms with E-state index in [0.717, 1.165) is 32.1 Å². The van der Waals surface area contributed by atoms with Crippen molar-refractivity contribution in [3.05, 3.63) is 34.9 Å². The van der Waals surface area contributed by atoms with Gasteiger partial charge >= 0.3 is 0 Å². The van der Waals surface area contributed by atoms with Crippen LogP contribution in [-0.4, -0.2) is 33.1 Å². The fourth-order valence-corrected chi connectivity index (χ4v) is 5.70. The highest BCUT2D eigenvalue weighted by atomic mass is 16.3. The van der Waals surface area contributed by atoms with Crippen molar-refractivity contribution in [2.24, 2.45) is 11.3 Å². The Labute approximate surface area is 171 Å². The molecule has 0 aromatic rings. The highest BCUT2D eigenvalue weighted by Gasteiger charge is 2.44. The van der Waals surface area contributed by atoms with Gasteiger partial charge in [-0.3, -0.25) is 0 Å². The Hall–Kier alpha value is -0.900. The Kier molecular flexibility index (Phi) is 6.89. The van der Waals surface area contributed by atoms with Crippen LogP contribution in [0.25, 0.3) is 0 Å². The van der Waals surface area contributed by atoms with Crippen LogP contribution in [0.4, 0.5) is 0 Å². The molecule has 0 bridgehead atoms. The van der Waals surface area contributed by atoms with E-state index in [2.05, 4.69) is 25.2 Å². The molecule has 3 heteroatoms. The molecule has 0 radical (unpaired) electrons. The van der Waals surface area contributed by atoms with Gasteiger partial charge in [-0.15, -0.1) is 0 Å². The number of allylic oxidation sites excluding steroid dienone is 5. The smallest absolute Gasteiger partial charge is 0.0602 e. The molecular formula is C25H40O3. The van der Waals surface area contributed by atoms with Gasteiger partial charge in [-0.05, 0) is 89.4 Å². The lowest BCUT2D eigenvalue weighted by Crippen LogP contribution is -2.30. The standard InChI is InChI=1S/C25H40O3/c1-24(2,28)13-5-4-8-20-11-12-23-19(7-6-14-25(20,23)3)10-9-18-15-21(26)17-22(27)16-18/h9-11,21-23,26-28H,4-8,12-17H2,1-3H3/b18-9?,19-10+/t21-,22?,23?,25-/m1/s1. The Bertz CT molecular complexity index is 625. The van der Waals surface area contributed by atoms with Crippen molar-refractivity contribution in [3.8, 4) is 0 Å². The SMILES string of the molecule is CC(C)(O)CCCCC1=CCC2/C(=C/C=C3CC(O)C[C@H](O)C3)CCC[C@]12C. The van der Waals surface area contributed by atoms with Crippen molar-refractivity contribution in [1.82, 2.24) is 0 Å². The minimum atomic E-state index is -0.551. The van der Waals surface area contributed by atoms with E-state index in [4.69, 9.17) is 0 Å². The van der Waals surface area contributed by atoms with Gasteiger partial charge in [0.2, 0.25) is 0 Å². The summed E-state index contributed by atoms with van der Waals surface area (Å²) >= 11 is 0. The van der Waals surface area contributed by atoms with Gasteiger partial charge in [0.25, 0.3) is 0 Å². The molecule has 3 N–H and O–H groups in total. The second kappa shape index (κ2) is 8.85. The lowest BCUT2D eigenvalue weighted by Gasteiger charge is -2.41. The zero-order valence-electron chi connectivity index (χ0n) is 18.1. The summed E-state index contributed by atoms with van der Waals surface area (Å²) in [5.74, 6) is 0.612. The van der Waals surface area contributed by atoms with Crippen molar-refractivity contribution < 1.29 is 15.3 Å². The largest absolute Gasteiger partial charge is 0.393 e. The maximum atomic E-state index is 9.92. The number of unbranched alkanes of at least 4 members (excludes halogenated alkanes) is 1. The van der Waals surface area contributed by atoms with E-state index < -0.39 is 17.8 Å². The van der Waals surface area contributed by atoms with Crippen LogP contribution in [0.1, 0.15) is 91.4 Å². The Morgan fingerprint density at radius 2 is 1.86 bits per heavy atom. The third kappa shape index (κ3) is 5.37. The quantitative estimate of drug-likeness (QED) is 0.432. The van der Waals surface area contributed by atoms with Crippen molar-refractivity contribution in [3.63, 3.8) is 0 Å². The molecule has 0 aliphatic heterocycles. The molecule has 28 heavy (non-hydrogen) atoms. The summed E-state index contributed by atoms with van der Waals surface area (Å²) in [5.41, 5.74) is 4.12. The summed E-state index contributed by atoms with van der Waals surface area (Å²) in [6, 6.07) is 0. The van der Waals surface area contributed by atoms with Gasteiger partial charge in [0.15, 0.2) is 0 Å². The summed E-state index contributed by atoms with van der Waals surface area (Å²) in [6.45, 7) is 6.26. The number of aliphatic hydroxyl groups excluding tert-OH is 2. The molecule has 0 aromatic carbocycles. The summed E-state index contributed by atoms with van der Waals surface area (Å²) in [6.07, 6.45) is 17.3. The molecule has 3 aliphatic rings. The number of rotatable bonds is 6. The van der Waals surface area contributed by atoms with E-state index in [9.17, 15) is 15.3 Å². The van der Waals surface area contributed by atoms with Crippen molar-refractivity contribution in [1.29, 1.82) is 0 Å². The molecule has 2 saturated carbocycles. The Balaban J connectivity index is 1.62. The Morgan fingerprint density at radius 3 is 2.54 bits per heavy atom. The monoisotopic (exact) mass is 388 g/mol. The molecule has 3 nitrogen and oxygen atoms in total. The third-order valence-corrected chi connectivity index (χ3v) is 7.27. The van der Waals surface area contributed by atoms with E-state index in [-0.39, 0.29) is 0 Å². The van der Waals surface area contributed by atoms with Crippen LogP contribution in [0, 0.1) is 11.3 Å². The van der Waals surface area contributed by atoms with Gasteiger partial charge in [0.05, 0.1) is 17.8 Å². The van der Waals surface area contributed by atoms with Crippen molar-refractivity contribution in [2.45, 2.75) is 109 Å². The predicted octanol–water partition coefficient (Wildman–Crippen LogP) is 5.21. The zero-order chi connectivity index (χ0) is 20.4. The molecule has 0 amide bonds. The summed E-state index contributed by atoms with van der Waals surface area (Å²) in [4.78, 5) is 0. The van der Waals surface area contributed by atoms with Gasteiger partial charge < -0.3 is 15.3 Å². The molecule has 2 unspecified atom stereocenters. The van der Waals surface area contributed by atoms with E-state index in [1.807, 2.05) is 13.8 Å². The van der Waals surface area contributed by atoms with Gasteiger partial charge in [-0.2, -0.15) is 0 Å². The van der Waals surface area contributed by atoms with Gasteiger partial charge in [-0.25, -0.2) is 0 Å². The average molecular weight is 389 g/mol. The van der Waals surface area contributed by atoms with Crippen molar-refractivity contribution in [2.75, 3.05) is 0 Å². The molecule has 0 spiro atoms. The van der Waals surface area contributed by atoms with Crippen LogP contribution < -0.4 is 0 Å². The number of aliphatic hydroxyl groups is 3. The first-order chi connectivity index (χ1) is 13.2. The fraction of sp³-hybridized carbons (Fsp3) is 0.760. The second-order valence-electron chi connectivity index (χ2n) is 10.3. The minimum absolute atomic E-state index is 0.295. The van der Waals surface area contributed by atoms with Gasteiger partial charge in [0, 0.05) is 0 Å². The van der Waals surface area contributed by atoms with Gasteiger partial charge in [-0.1, -0.05) is 48.3 Å². The molecule has 3 rings (SSSR count). The summed E-state index contributed by atoms with van der Waals surface area (Å²) in [7, 11) is 0. The molecule has 2 fully saturated rings. The maximum absolute atomic E-state index is 9.92. The Morgan fingerprint density at radius 1 is 1.14 bits per heavy atom. The van der Waals surface area contributed by atoms with Crippen LogP contribution in [0.3, 0.4) is 0 Å². The van der Waals surface area contributed by atoms with E-state index in [0.29, 0.717) is 30.6 Å². The van der Waals surface area contributed by atoms with E-state index in [1.165, 1.54) is 24.8 Å². The highest BCUT2D eigenvalue weighted by Crippen LogP contribution is 2.55. The molecule has 0 saturated heterocycles. The van der Waals surface area contributed by atoms with Crippen molar-refractivity contribution >= 4 is 0 Å². The highest BCUT2D eigenvalue weighted by molar-refractivity contribution is 5.33. The molecule has 0 heterocycles. The predicted molar refractivity (Wildman–Crippen MR) is 115 cm³/mol. The first kappa shape index (κ1) is 21.8. The summed E-state index contributed by atoms with van der Waals surface area (Å²) in [5, 5.41) is 29.8. The lowest BCUT2D eigenvalue weighted by molar-refractivity contribution is 0.0609. The molecule has 4 atom stereocenters. The van der Waals surface area contributed by atoms with E-state index >= 15 is 0 Å². The summed E-state index contributed by atoms with van der Waals surface area (Å²) < 4.78 is 0. The number of hydrogen-bond acceptors (Lipinski definition) is 3. The zero-order valence-corrected chi connectivity index (χ0v) is 18.1. The lowest BCUT2D eigenvalue weighted by atomic mass is 9.63. The molecule has 158 valence electrons. The average Bonchev–Trinajstić information content (AvgIpc) is 2.92. The molecule has 0 aromatic heterocycles. The first-order valence-electron chi connectivity index (χ1n) is 11.3. The minimum Gasteiger partial charge on any atom is -0.393 e. The number of hydrogen-bond donors (Lipinski definition) is 3. The third-order valence-electron chi connectivity index (χ3n) is 7.27. The van der Waals surface area contributed by atoms with Gasteiger partial charge in [0.1, 0.15) is 0 Å². The fourth-order valence-electron chi connectivity index (χ4n) is 5.70.